The Kier molecular flexibility index (Phi) is 4.73. The van der Waals surface area contributed by atoms with Crippen LogP contribution in [-0.2, 0) is 16.6 Å². The van der Waals surface area contributed by atoms with Gasteiger partial charge in [0.2, 0.25) is 0 Å². The van der Waals surface area contributed by atoms with E-state index < -0.39 is 11.9 Å². The molecule has 1 amide bonds. The van der Waals surface area contributed by atoms with E-state index in [-0.39, 0.29) is 25.1 Å². The van der Waals surface area contributed by atoms with E-state index in [1.807, 2.05) is 20.9 Å². The quantitative estimate of drug-likeness (QED) is 0.816. The number of aryl methyl sites for hydroxylation is 2. The molecule has 1 aliphatic carbocycles. The standard InChI is InChI=1S/C15H23N3O4/c1-9(15(20)21)7-18(12-5-6-12)13(19)8-22-14-10(2)16-17(4)11(14)3/h9,12H,5-8H2,1-4H3,(H,20,21). The summed E-state index contributed by atoms with van der Waals surface area (Å²) in [7, 11) is 1.82. The number of rotatable bonds is 7. The number of carbonyl (C=O) groups excluding carboxylic acids is 1. The molecule has 1 saturated carbocycles. The largest absolute Gasteiger partial charge is 0.481 e. The van der Waals surface area contributed by atoms with Crippen LogP contribution in [0.3, 0.4) is 0 Å². The zero-order valence-electron chi connectivity index (χ0n) is 13.5. The van der Waals surface area contributed by atoms with Gasteiger partial charge in [-0.1, -0.05) is 6.92 Å². The van der Waals surface area contributed by atoms with Gasteiger partial charge in [0.15, 0.2) is 12.4 Å². The van der Waals surface area contributed by atoms with E-state index in [9.17, 15) is 9.59 Å². The first-order valence-electron chi connectivity index (χ1n) is 7.46. The van der Waals surface area contributed by atoms with E-state index in [0.717, 1.165) is 24.2 Å². The van der Waals surface area contributed by atoms with Crippen molar-refractivity contribution >= 4 is 11.9 Å². The van der Waals surface area contributed by atoms with Gasteiger partial charge in [0.05, 0.1) is 11.6 Å². The lowest BCUT2D eigenvalue weighted by Gasteiger charge is -2.24. The monoisotopic (exact) mass is 309 g/mol. The highest BCUT2D eigenvalue weighted by Crippen LogP contribution is 2.28. The van der Waals surface area contributed by atoms with Gasteiger partial charge in [0.1, 0.15) is 5.69 Å². The van der Waals surface area contributed by atoms with E-state index >= 15 is 0 Å². The molecule has 0 spiro atoms. The number of hydrogen-bond acceptors (Lipinski definition) is 4. The Hall–Kier alpha value is -2.05. The van der Waals surface area contributed by atoms with Crippen LogP contribution >= 0.6 is 0 Å². The number of amides is 1. The lowest BCUT2D eigenvalue weighted by Crippen LogP contribution is -2.41. The number of carboxylic acid groups (broad SMARTS) is 1. The highest BCUT2D eigenvalue weighted by Gasteiger charge is 2.34. The number of carboxylic acids is 1. The smallest absolute Gasteiger partial charge is 0.308 e. The van der Waals surface area contributed by atoms with Gasteiger partial charge in [-0.3, -0.25) is 14.3 Å². The van der Waals surface area contributed by atoms with Crippen LogP contribution in [0.4, 0.5) is 0 Å². The lowest BCUT2D eigenvalue weighted by molar-refractivity contribution is -0.143. The van der Waals surface area contributed by atoms with Gasteiger partial charge in [-0.15, -0.1) is 0 Å². The molecule has 122 valence electrons. The molecule has 0 aromatic carbocycles. The molecule has 1 aromatic rings. The van der Waals surface area contributed by atoms with Crippen molar-refractivity contribution in [2.45, 2.75) is 39.7 Å². The second kappa shape index (κ2) is 6.37. The van der Waals surface area contributed by atoms with Crippen LogP contribution in [0.25, 0.3) is 0 Å². The summed E-state index contributed by atoms with van der Waals surface area (Å²) in [5.74, 6) is -1.01. The molecule has 1 aromatic heterocycles. The number of aliphatic carboxylic acids is 1. The second-order valence-corrected chi connectivity index (χ2v) is 5.93. The maximum absolute atomic E-state index is 12.4. The van der Waals surface area contributed by atoms with Crippen LogP contribution in [0.15, 0.2) is 0 Å². The van der Waals surface area contributed by atoms with E-state index in [0.29, 0.717) is 5.75 Å². The molecule has 7 nitrogen and oxygen atoms in total. The van der Waals surface area contributed by atoms with Crippen LogP contribution in [0.1, 0.15) is 31.2 Å². The second-order valence-electron chi connectivity index (χ2n) is 5.93. The molecule has 1 fully saturated rings. The molecule has 0 saturated heterocycles. The van der Waals surface area contributed by atoms with Crippen LogP contribution in [0.2, 0.25) is 0 Å². The summed E-state index contributed by atoms with van der Waals surface area (Å²) >= 11 is 0. The fourth-order valence-electron chi connectivity index (χ4n) is 2.39. The molecule has 22 heavy (non-hydrogen) atoms. The third kappa shape index (κ3) is 3.58. The van der Waals surface area contributed by atoms with Gasteiger partial charge >= 0.3 is 5.97 Å². The fraction of sp³-hybridized carbons (Fsp3) is 0.667. The zero-order valence-corrected chi connectivity index (χ0v) is 13.5. The molecule has 2 rings (SSSR count). The highest BCUT2D eigenvalue weighted by atomic mass is 16.5. The summed E-state index contributed by atoms with van der Waals surface area (Å²) < 4.78 is 7.34. The Labute approximate surface area is 129 Å². The van der Waals surface area contributed by atoms with E-state index in [2.05, 4.69) is 5.10 Å². The number of carbonyl (C=O) groups is 2. The third-order valence-electron chi connectivity index (χ3n) is 3.98. The van der Waals surface area contributed by atoms with Crippen molar-refractivity contribution in [3.63, 3.8) is 0 Å². The first-order valence-corrected chi connectivity index (χ1v) is 7.46. The van der Waals surface area contributed by atoms with Crippen molar-refractivity contribution in [3.8, 4) is 5.75 Å². The molecule has 0 radical (unpaired) electrons. The summed E-state index contributed by atoms with van der Waals surface area (Å²) in [5, 5.41) is 13.3. The maximum Gasteiger partial charge on any atom is 0.308 e. The topological polar surface area (TPSA) is 84.7 Å². The van der Waals surface area contributed by atoms with Crippen LogP contribution in [0, 0.1) is 19.8 Å². The van der Waals surface area contributed by atoms with Crippen LogP contribution in [0.5, 0.6) is 5.75 Å². The molecule has 0 bridgehead atoms. The lowest BCUT2D eigenvalue weighted by atomic mass is 10.1. The SMILES string of the molecule is Cc1nn(C)c(C)c1OCC(=O)N(CC(C)C(=O)O)C1CC1. The van der Waals surface area contributed by atoms with Gasteiger partial charge in [0, 0.05) is 19.6 Å². The molecule has 1 aliphatic rings. The third-order valence-corrected chi connectivity index (χ3v) is 3.98. The minimum Gasteiger partial charge on any atom is -0.481 e. The maximum atomic E-state index is 12.4. The molecular weight excluding hydrogens is 286 g/mol. The number of ether oxygens (including phenoxy) is 1. The Morgan fingerprint density at radius 3 is 2.55 bits per heavy atom. The van der Waals surface area contributed by atoms with Gasteiger partial charge in [-0.05, 0) is 26.7 Å². The van der Waals surface area contributed by atoms with Crippen molar-refractivity contribution in [1.82, 2.24) is 14.7 Å². The average molecular weight is 309 g/mol. The predicted molar refractivity (Wildman–Crippen MR) is 79.7 cm³/mol. The number of hydrogen-bond donors (Lipinski definition) is 1. The molecule has 1 atom stereocenters. The fourth-order valence-corrected chi connectivity index (χ4v) is 2.39. The van der Waals surface area contributed by atoms with Crippen LogP contribution in [-0.4, -0.2) is 50.9 Å². The highest BCUT2D eigenvalue weighted by molar-refractivity contribution is 5.79. The molecule has 1 heterocycles. The minimum atomic E-state index is -0.890. The van der Waals surface area contributed by atoms with Crippen molar-refractivity contribution in [1.29, 1.82) is 0 Å². The summed E-state index contributed by atoms with van der Waals surface area (Å²) in [6.45, 7) is 5.47. The summed E-state index contributed by atoms with van der Waals surface area (Å²) in [6.07, 6.45) is 1.87. The van der Waals surface area contributed by atoms with E-state index in [1.165, 1.54) is 0 Å². The van der Waals surface area contributed by atoms with Gasteiger partial charge in [-0.25, -0.2) is 0 Å². The molecule has 7 heteroatoms. The van der Waals surface area contributed by atoms with Crippen molar-refractivity contribution in [2.24, 2.45) is 13.0 Å². The van der Waals surface area contributed by atoms with Gasteiger partial charge < -0.3 is 14.7 Å². The first-order chi connectivity index (χ1) is 10.3. The van der Waals surface area contributed by atoms with Crippen molar-refractivity contribution < 1.29 is 19.4 Å². The number of aromatic nitrogens is 2. The van der Waals surface area contributed by atoms with Gasteiger partial charge in [-0.2, -0.15) is 5.10 Å². The minimum absolute atomic E-state index is 0.0871. The first kappa shape index (κ1) is 16.3. The average Bonchev–Trinajstić information content (AvgIpc) is 3.24. The summed E-state index contributed by atoms with van der Waals surface area (Å²) in [6, 6.07) is 0.161. The van der Waals surface area contributed by atoms with E-state index in [1.54, 1.807) is 16.5 Å². The Morgan fingerprint density at radius 1 is 1.45 bits per heavy atom. The van der Waals surface area contributed by atoms with Crippen LogP contribution < -0.4 is 4.74 Å². The molecular formula is C15H23N3O4. The van der Waals surface area contributed by atoms with Gasteiger partial charge in [0.25, 0.3) is 5.91 Å². The van der Waals surface area contributed by atoms with Crippen molar-refractivity contribution in [3.05, 3.63) is 11.4 Å². The Balaban J connectivity index is 1.98. The van der Waals surface area contributed by atoms with Crippen molar-refractivity contribution in [2.75, 3.05) is 13.2 Å². The Morgan fingerprint density at radius 2 is 2.09 bits per heavy atom. The molecule has 0 aliphatic heterocycles. The predicted octanol–water partition coefficient (Wildman–Crippen LogP) is 1.13. The normalized spacial score (nSPS) is 15.5. The summed E-state index contributed by atoms with van der Waals surface area (Å²) in [4.78, 5) is 25.0. The molecule has 1 N–H and O–H groups in total. The Bertz CT molecular complexity index is 578. The summed E-state index contributed by atoms with van der Waals surface area (Å²) in [5.41, 5.74) is 1.60. The zero-order chi connectivity index (χ0) is 16.4. The number of nitrogens with zero attached hydrogens (tertiary/aromatic N) is 3. The van der Waals surface area contributed by atoms with E-state index in [4.69, 9.17) is 9.84 Å². The molecule has 1 unspecified atom stereocenters.